The Bertz CT molecular complexity index is 387. The Morgan fingerprint density at radius 1 is 1.17 bits per heavy atom. The summed E-state index contributed by atoms with van der Waals surface area (Å²) < 4.78 is 10.1. The van der Waals surface area contributed by atoms with Crippen LogP contribution in [0.3, 0.4) is 0 Å². The number of nitrogens with one attached hydrogen (secondary N) is 1. The van der Waals surface area contributed by atoms with Gasteiger partial charge in [0.05, 0.1) is 19.9 Å². The van der Waals surface area contributed by atoms with Gasteiger partial charge < -0.3 is 25.1 Å². The molecule has 0 saturated carbocycles. The van der Waals surface area contributed by atoms with Gasteiger partial charge in [-0.25, -0.2) is 9.59 Å². The van der Waals surface area contributed by atoms with Gasteiger partial charge in [-0.15, -0.1) is 0 Å². The number of ether oxygens (including phenoxy) is 2. The number of benzene rings is 1. The Labute approximate surface area is 103 Å². The second-order valence-electron chi connectivity index (χ2n) is 2.80. The van der Waals surface area contributed by atoms with Crippen molar-refractivity contribution in [3.05, 3.63) is 18.2 Å². The number of hydrogen-bond donors (Lipinski definition) is 4. The molecule has 0 radical (unpaired) electrons. The zero-order chi connectivity index (χ0) is 14.1. The van der Waals surface area contributed by atoms with Crippen LogP contribution in [-0.2, 0) is 9.59 Å². The first-order chi connectivity index (χ1) is 8.47. The standard InChI is InChI=1S/C8H12N2O2.C2H2O4/c1-11-7-5-3-4-6(10-9)8(7)12-2;3-1(4)2(5)6/h3-5,10H,9H2,1-2H3;(H,3,4)(H,5,6). The van der Waals surface area contributed by atoms with Gasteiger partial charge in [0.2, 0.25) is 0 Å². The lowest BCUT2D eigenvalue weighted by atomic mass is 10.3. The summed E-state index contributed by atoms with van der Waals surface area (Å²) >= 11 is 0. The van der Waals surface area contributed by atoms with Crippen molar-refractivity contribution >= 4 is 17.6 Å². The van der Waals surface area contributed by atoms with E-state index in [1.54, 1.807) is 26.4 Å². The van der Waals surface area contributed by atoms with Crippen molar-refractivity contribution in [1.29, 1.82) is 0 Å². The van der Waals surface area contributed by atoms with E-state index in [1.807, 2.05) is 6.07 Å². The van der Waals surface area contributed by atoms with Crippen molar-refractivity contribution in [2.24, 2.45) is 5.84 Å². The minimum Gasteiger partial charge on any atom is -0.493 e. The predicted octanol–water partition coefficient (Wildman–Crippen LogP) is 0.145. The molecule has 1 aromatic rings. The lowest BCUT2D eigenvalue weighted by Crippen LogP contribution is -2.09. The van der Waals surface area contributed by atoms with E-state index in [0.717, 1.165) is 0 Å². The molecule has 8 nitrogen and oxygen atoms in total. The second-order valence-corrected chi connectivity index (χ2v) is 2.80. The number of nitrogens with two attached hydrogens (primary N) is 1. The molecule has 1 rings (SSSR count). The van der Waals surface area contributed by atoms with Gasteiger partial charge in [0.1, 0.15) is 0 Å². The first kappa shape index (κ1) is 15.5. The zero-order valence-electron chi connectivity index (χ0n) is 9.84. The fourth-order valence-electron chi connectivity index (χ4n) is 1.00. The van der Waals surface area contributed by atoms with E-state index in [-0.39, 0.29) is 0 Å². The number of para-hydroxylation sites is 1. The maximum absolute atomic E-state index is 9.10. The average molecular weight is 258 g/mol. The molecule has 0 spiro atoms. The van der Waals surface area contributed by atoms with Gasteiger partial charge in [0, 0.05) is 0 Å². The molecule has 1 aromatic carbocycles. The third kappa shape index (κ3) is 4.58. The minimum absolute atomic E-state index is 0.613. The summed E-state index contributed by atoms with van der Waals surface area (Å²) in [6.07, 6.45) is 0. The molecular weight excluding hydrogens is 244 g/mol. The highest BCUT2D eigenvalue weighted by molar-refractivity contribution is 6.27. The lowest BCUT2D eigenvalue weighted by molar-refractivity contribution is -0.159. The summed E-state index contributed by atoms with van der Waals surface area (Å²) in [7, 11) is 3.15. The summed E-state index contributed by atoms with van der Waals surface area (Å²) in [6, 6.07) is 5.44. The summed E-state index contributed by atoms with van der Waals surface area (Å²) in [5.74, 6) is 2.89. The van der Waals surface area contributed by atoms with Gasteiger partial charge in [0.15, 0.2) is 11.5 Å². The maximum atomic E-state index is 9.10. The summed E-state index contributed by atoms with van der Waals surface area (Å²) in [6.45, 7) is 0. The molecule has 0 aliphatic carbocycles. The van der Waals surface area contributed by atoms with Crippen molar-refractivity contribution in [2.75, 3.05) is 19.6 Å². The molecule has 5 N–H and O–H groups in total. The second kappa shape index (κ2) is 7.74. The zero-order valence-corrected chi connectivity index (χ0v) is 9.84. The van der Waals surface area contributed by atoms with E-state index < -0.39 is 11.9 Å². The van der Waals surface area contributed by atoms with Gasteiger partial charge in [-0.3, -0.25) is 5.84 Å². The van der Waals surface area contributed by atoms with Crippen molar-refractivity contribution in [2.45, 2.75) is 0 Å². The van der Waals surface area contributed by atoms with Crippen LogP contribution in [0.1, 0.15) is 0 Å². The summed E-state index contributed by atoms with van der Waals surface area (Å²) in [4.78, 5) is 18.2. The molecule has 0 saturated heterocycles. The monoisotopic (exact) mass is 258 g/mol. The van der Waals surface area contributed by atoms with Crippen LogP contribution in [-0.4, -0.2) is 36.4 Å². The molecule has 8 heteroatoms. The number of hydrogen-bond acceptors (Lipinski definition) is 6. The van der Waals surface area contributed by atoms with Crippen LogP contribution in [0, 0.1) is 0 Å². The third-order valence-corrected chi connectivity index (χ3v) is 1.74. The Morgan fingerprint density at radius 3 is 2.06 bits per heavy atom. The first-order valence-electron chi connectivity index (χ1n) is 4.61. The van der Waals surface area contributed by atoms with E-state index in [2.05, 4.69) is 5.43 Å². The largest absolute Gasteiger partial charge is 0.493 e. The fourth-order valence-corrected chi connectivity index (χ4v) is 1.00. The molecule has 0 heterocycles. The van der Waals surface area contributed by atoms with Crippen LogP contribution < -0.4 is 20.7 Å². The smallest absolute Gasteiger partial charge is 0.414 e. The van der Waals surface area contributed by atoms with Crippen molar-refractivity contribution in [1.82, 2.24) is 0 Å². The molecule has 18 heavy (non-hydrogen) atoms. The number of aliphatic carboxylic acids is 2. The van der Waals surface area contributed by atoms with E-state index >= 15 is 0 Å². The Balaban J connectivity index is 0.000000411. The highest BCUT2D eigenvalue weighted by Gasteiger charge is 2.06. The number of carboxylic acids is 2. The molecule has 0 fully saturated rings. The van der Waals surface area contributed by atoms with E-state index in [1.165, 1.54) is 0 Å². The SMILES string of the molecule is COc1cccc(NN)c1OC.O=C(O)C(=O)O. The number of methoxy groups -OCH3 is 2. The number of rotatable bonds is 3. The third-order valence-electron chi connectivity index (χ3n) is 1.74. The Hall–Kier alpha value is -2.48. The van der Waals surface area contributed by atoms with Gasteiger partial charge >= 0.3 is 11.9 Å². The quantitative estimate of drug-likeness (QED) is 0.342. The van der Waals surface area contributed by atoms with Gasteiger partial charge in [-0.2, -0.15) is 0 Å². The number of carboxylic acid groups (broad SMARTS) is 2. The fraction of sp³-hybridized carbons (Fsp3) is 0.200. The summed E-state index contributed by atoms with van der Waals surface area (Å²) in [5, 5.41) is 14.8. The maximum Gasteiger partial charge on any atom is 0.414 e. The summed E-state index contributed by atoms with van der Waals surface area (Å²) in [5.41, 5.74) is 3.22. The number of anilines is 1. The topological polar surface area (TPSA) is 131 Å². The molecule has 0 atom stereocenters. The van der Waals surface area contributed by atoms with Gasteiger partial charge in [-0.05, 0) is 12.1 Å². The minimum atomic E-state index is -1.82. The van der Waals surface area contributed by atoms with Crippen LogP contribution in [0.15, 0.2) is 18.2 Å². The molecular formula is C10H14N2O6. The first-order valence-corrected chi connectivity index (χ1v) is 4.61. The van der Waals surface area contributed by atoms with Crippen LogP contribution in [0.5, 0.6) is 11.5 Å². The average Bonchev–Trinajstić information content (AvgIpc) is 2.37. The molecule has 0 aliphatic heterocycles. The molecule has 100 valence electrons. The number of carbonyl (C=O) groups is 2. The van der Waals surface area contributed by atoms with Crippen LogP contribution >= 0.6 is 0 Å². The van der Waals surface area contributed by atoms with E-state index in [9.17, 15) is 0 Å². The van der Waals surface area contributed by atoms with E-state index in [0.29, 0.717) is 17.2 Å². The normalized spacial score (nSPS) is 8.61. The number of nitrogen functional groups attached to an aromatic ring is 1. The Kier molecular flexibility index (Phi) is 6.67. The molecule has 0 bridgehead atoms. The van der Waals surface area contributed by atoms with Gasteiger partial charge in [0.25, 0.3) is 0 Å². The van der Waals surface area contributed by atoms with Gasteiger partial charge in [-0.1, -0.05) is 6.07 Å². The van der Waals surface area contributed by atoms with Crippen LogP contribution in [0.4, 0.5) is 5.69 Å². The van der Waals surface area contributed by atoms with Crippen LogP contribution in [0.25, 0.3) is 0 Å². The van der Waals surface area contributed by atoms with Crippen molar-refractivity contribution in [3.8, 4) is 11.5 Å². The van der Waals surface area contributed by atoms with E-state index in [4.69, 9.17) is 35.1 Å². The van der Waals surface area contributed by atoms with Crippen LogP contribution in [0.2, 0.25) is 0 Å². The van der Waals surface area contributed by atoms with Crippen molar-refractivity contribution in [3.63, 3.8) is 0 Å². The molecule has 0 aliphatic rings. The molecule has 0 amide bonds. The highest BCUT2D eigenvalue weighted by Crippen LogP contribution is 2.33. The molecule has 0 unspecified atom stereocenters. The Morgan fingerprint density at radius 2 is 1.72 bits per heavy atom. The highest BCUT2D eigenvalue weighted by atomic mass is 16.5. The molecule has 0 aromatic heterocycles. The predicted molar refractivity (Wildman–Crippen MR) is 62.6 cm³/mol. The van der Waals surface area contributed by atoms with Crippen molar-refractivity contribution < 1.29 is 29.3 Å². The lowest BCUT2D eigenvalue weighted by Gasteiger charge is -2.10. The number of hydrazine groups is 1.